The third-order valence-electron chi connectivity index (χ3n) is 3.48. The normalized spacial score (nSPS) is 10.3. The van der Waals surface area contributed by atoms with Gasteiger partial charge in [-0.15, -0.1) is 0 Å². The van der Waals surface area contributed by atoms with Gasteiger partial charge in [0.15, 0.2) is 0 Å². The third kappa shape index (κ3) is 5.99. The summed E-state index contributed by atoms with van der Waals surface area (Å²) in [6, 6.07) is 12.7. The minimum Gasteiger partial charge on any atom is -0.489 e. The number of ether oxygens (including phenoxy) is 2. The smallest absolute Gasteiger partial charge is 0.252 e. The van der Waals surface area contributed by atoms with E-state index in [2.05, 4.69) is 33.2 Å². The molecule has 0 aromatic heterocycles. The lowest BCUT2D eigenvalue weighted by molar-refractivity contribution is -0.115. The minimum atomic E-state index is -0.329. The van der Waals surface area contributed by atoms with Crippen LogP contribution in [-0.2, 0) is 9.53 Å². The fraction of sp³-hybridized carbons (Fsp3) is 0.263. The fourth-order valence-electron chi connectivity index (χ4n) is 2.18. The Kier molecular flexibility index (Phi) is 7.86. The summed E-state index contributed by atoms with van der Waals surface area (Å²) < 4.78 is 11.4. The summed E-state index contributed by atoms with van der Waals surface area (Å²) in [6.45, 7) is 2.64. The first-order valence-electron chi connectivity index (χ1n) is 8.06. The molecule has 0 aliphatic heterocycles. The molecule has 0 saturated heterocycles. The van der Waals surface area contributed by atoms with Crippen LogP contribution in [0.5, 0.6) is 5.75 Å². The van der Waals surface area contributed by atoms with Crippen LogP contribution in [0.25, 0.3) is 0 Å². The molecule has 0 bridgehead atoms. The Hall–Kier alpha value is -2.13. The minimum absolute atomic E-state index is 0.130. The Morgan fingerprint density at radius 3 is 2.62 bits per heavy atom. The Bertz CT molecular complexity index is 780. The van der Waals surface area contributed by atoms with Crippen molar-refractivity contribution in [2.24, 2.45) is 0 Å². The van der Waals surface area contributed by atoms with Gasteiger partial charge in [0.05, 0.1) is 24.4 Å². The van der Waals surface area contributed by atoms with Crippen LogP contribution in [0, 0.1) is 10.5 Å². The molecule has 7 heteroatoms. The molecule has 138 valence electrons. The van der Waals surface area contributed by atoms with Gasteiger partial charge >= 0.3 is 0 Å². The lowest BCUT2D eigenvalue weighted by Gasteiger charge is -2.13. The van der Waals surface area contributed by atoms with E-state index in [9.17, 15) is 9.59 Å². The van der Waals surface area contributed by atoms with E-state index in [1.807, 2.05) is 31.2 Å². The van der Waals surface area contributed by atoms with E-state index in [4.69, 9.17) is 9.47 Å². The van der Waals surface area contributed by atoms with Crippen molar-refractivity contribution in [3.63, 3.8) is 0 Å². The SMILES string of the molecule is COCCOc1cc(C)ccc1NC(=O)CNC(=O)c1ccccc1I. The van der Waals surface area contributed by atoms with E-state index in [1.54, 1.807) is 25.3 Å². The Labute approximate surface area is 166 Å². The van der Waals surface area contributed by atoms with Crippen LogP contribution in [0.2, 0.25) is 0 Å². The molecule has 6 nitrogen and oxygen atoms in total. The molecule has 2 amide bonds. The molecule has 26 heavy (non-hydrogen) atoms. The zero-order valence-electron chi connectivity index (χ0n) is 14.7. The number of hydrogen-bond acceptors (Lipinski definition) is 4. The first-order valence-corrected chi connectivity index (χ1v) is 9.14. The maximum atomic E-state index is 12.2. The zero-order chi connectivity index (χ0) is 18.9. The predicted octanol–water partition coefficient (Wildman–Crippen LogP) is 2.99. The first-order chi connectivity index (χ1) is 12.5. The number of methoxy groups -OCH3 is 1. The second kappa shape index (κ2) is 10.1. The number of anilines is 1. The number of nitrogens with one attached hydrogen (secondary N) is 2. The molecule has 0 aliphatic carbocycles. The second-order valence-corrected chi connectivity index (χ2v) is 6.71. The molecule has 0 saturated carbocycles. The molecule has 0 fully saturated rings. The van der Waals surface area contributed by atoms with Crippen LogP contribution >= 0.6 is 22.6 Å². The van der Waals surface area contributed by atoms with Crippen molar-refractivity contribution in [1.82, 2.24) is 5.32 Å². The maximum absolute atomic E-state index is 12.2. The van der Waals surface area contributed by atoms with Crippen molar-refractivity contribution in [2.45, 2.75) is 6.92 Å². The number of amides is 2. The van der Waals surface area contributed by atoms with Crippen LogP contribution in [0.15, 0.2) is 42.5 Å². The Morgan fingerprint density at radius 2 is 1.88 bits per heavy atom. The summed E-state index contributed by atoms with van der Waals surface area (Å²) in [5.74, 6) is -0.0466. The molecule has 2 aromatic rings. The Balaban J connectivity index is 1.95. The molecular weight excluding hydrogens is 447 g/mol. The van der Waals surface area contributed by atoms with Gasteiger partial charge in [0, 0.05) is 10.7 Å². The van der Waals surface area contributed by atoms with Crippen molar-refractivity contribution < 1.29 is 19.1 Å². The van der Waals surface area contributed by atoms with Crippen LogP contribution in [0.4, 0.5) is 5.69 Å². The van der Waals surface area contributed by atoms with Crippen molar-refractivity contribution in [3.8, 4) is 5.75 Å². The first kappa shape index (κ1) is 20.2. The number of halogens is 1. The quantitative estimate of drug-likeness (QED) is 0.462. The number of rotatable bonds is 8. The van der Waals surface area contributed by atoms with Crippen molar-refractivity contribution in [3.05, 3.63) is 57.2 Å². The lowest BCUT2D eigenvalue weighted by Crippen LogP contribution is -2.33. The molecule has 2 rings (SSSR count). The highest BCUT2D eigenvalue weighted by molar-refractivity contribution is 14.1. The highest BCUT2D eigenvalue weighted by atomic mass is 127. The highest BCUT2D eigenvalue weighted by Gasteiger charge is 2.12. The summed E-state index contributed by atoms with van der Waals surface area (Å²) in [4.78, 5) is 24.4. The molecule has 0 atom stereocenters. The van der Waals surface area contributed by atoms with Gasteiger partial charge in [0.25, 0.3) is 5.91 Å². The van der Waals surface area contributed by atoms with E-state index in [0.717, 1.165) is 9.13 Å². The lowest BCUT2D eigenvalue weighted by atomic mass is 10.2. The molecule has 0 aliphatic rings. The van der Waals surface area contributed by atoms with Gasteiger partial charge in [-0.2, -0.15) is 0 Å². The van der Waals surface area contributed by atoms with Crippen molar-refractivity contribution in [1.29, 1.82) is 0 Å². The van der Waals surface area contributed by atoms with Crippen LogP contribution < -0.4 is 15.4 Å². The third-order valence-corrected chi connectivity index (χ3v) is 4.42. The van der Waals surface area contributed by atoms with Crippen molar-refractivity contribution in [2.75, 3.05) is 32.2 Å². The fourth-order valence-corrected chi connectivity index (χ4v) is 2.82. The average Bonchev–Trinajstić information content (AvgIpc) is 2.62. The maximum Gasteiger partial charge on any atom is 0.252 e. The molecule has 0 unspecified atom stereocenters. The summed E-state index contributed by atoms with van der Waals surface area (Å²) in [7, 11) is 1.60. The van der Waals surface area contributed by atoms with Crippen LogP contribution in [0.1, 0.15) is 15.9 Å². The number of benzene rings is 2. The van der Waals surface area contributed by atoms with Gasteiger partial charge in [-0.05, 0) is 59.3 Å². The largest absolute Gasteiger partial charge is 0.489 e. The van der Waals surface area contributed by atoms with Gasteiger partial charge in [-0.25, -0.2) is 0 Å². The Morgan fingerprint density at radius 1 is 1.12 bits per heavy atom. The van der Waals surface area contributed by atoms with Gasteiger partial charge in [-0.3, -0.25) is 9.59 Å². The van der Waals surface area contributed by atoms with E-state index < -0.39 is 0 Å². The number of carbonyl (C=O) groups excluding carboxylic acids is 2. The summed E-state index contributed by atoms with van der Waals surface area (Å²) >= 11 is 2.09. The predicted molar refractivity (Wildman–Crippen MR) is 109 cm³/mol. The number of carbonyl (C=O) groups is 2. The molecule has 0 heterocycles. The molecule has 2 aromatic carbocycles. The summed E-state index contributed by atoms with van der Waals surface area (Å²) in [5.41, 5.74) is 2.11. The van der Waals surface area contributed by atoms with E-state index >= 15 is 0 Å². The molecule has 0 spiro atoms. The average molecular weight is 468 g/mol. The van der Waals surface area contributed by atoms with E-state index in [0.29, 0.717) is 30.2 Å². The van der Waals surface area contributed by atoms with E-state index in [1.165, 1.54) is 0 Å². The molecule has 0 radical (unpaired) electrons. The van der Waals surface area contributed by atoms with Gasteiger partial charge < -0.3 is 20.1 Å². The monoisotopic (exact) mass is 468 g/mol. The summed E-state index contributed by atoms with van der Waals surface area (Å²) in [6.07, 6.45) is 0. The van der Waals surface area contributed by atoms with Crippen LogP contribution in [-0.4, -0.2) is 38.7 Å². The second-order valence-electron chi connectivity index (χ2n) is 5.55. The number of hydrogen-bond donors (Lipinski definition) is 2. The van der Waals surface area contributed by atoms with E-state index in [-0.39, 0.29) is 18.4 Å². The standard InChI is InChI=1S/C19H21IN2O4/c1-13-7-8-16(17(11-13)26-10-9-25-2)22-18(23)12-21-19(24)14-5-3-4-6-15(14)20/h3-8,11H,9-10,12H2,1-2H3,(H,21,24)(H,22,23). The molecule has 2 N–H and O–H groups in total. The highest BCUT2D eigenvalue weighted by Crippen LogP contribution is 2.25. The molecular formula is C19H21IN2O4. The zero-order valence-corrected chi connectivity index (χ0v) is 16.8. The topological polar surface area (TPSA) is 76.7 Å². The van der Waals surface area contributed by atoms with Gasteiger partial charge in [0.1, 0.15) is 12.4 Å². The van der Waals surface area contributed by atoms with Crippen LogP contribution in [0.3, 0.4) is 0 Å². The number of aryl methyl sites for hydroxylation is 1. The van der Waals surface area contributed by atoms with Gasteiger partial charge in [-0.1, -0.05) is 18.2 Å². The summed E-state index contributed by atoms with van der Waals surface area (Å²) in [5, 5.41) is 5.39. The van der Waals surface area contributed by atoms with Crippen molar-refractivity contribution >= 4 is 40.1 Å². The van der Waals surface area contributed by atoms with Gasteiger partial charge in [0.2, 0.25) is 5.91 Å².